The second-order valence-corrected chi connectivity index (χ2v) is 7.47. The number of rotatable bonds is 5. The smallest absolute Gasteiger partial charge is 0.243 e. The van der Waals surface area contributed by atoms with Gasteiger partial charge in [0.05, 0.1) is 13.1 Å². The highest BCUT2D eigenvalue weighted by molar-refractivity contribution is 9.10. The van der Waals surface area contributed by atoms with Crippen molar-refractivity contribution in [1.82, 2.24) is 14.8 Å². The highest BCUT2D eigenvalue weighted by Gasteiger charge is 2.25. The number of aryl methyl sites for hydroxylation is 1. The summed E-state index contributed by atoms with van der Waals surface area (Å²) in [6, 6.07) is 9.94. The summed E-state index contributed by atoms with van der Waals surface area (Å²) in [6.45, 7) is 5.97. The van der Waals surface area contributed by atoms with Gasteiger partial charge in [-0.25, -0.2) is 0 Å². The fourth-order valence-corrected chi connectivity index (χ4v) is 3.70. The van der Waals surface area contributed by atoms with Gasteiger partial charge in [-0.05, 0) is 49.7 Å². The zero-order valence-electron chi connectivity index (χ0n) is 15.0. The molecule has 3 rings (SSSR count). The van der Waals surface area contributed by atoms with Crippen molar-refractivity contribution in [1.29, 1.82) is 0 Å². The summed E-state index contributed by atoms with van der Waals surface area (Å²) in [5.74, 6) is -0.371. The van der Waals surface area contributed by atoms with Crippen molar-refractivity contribution in [3.05, 3.63) is 52.3 Å². The molecule has 2 heterocycles. The van der Waals surface area contributed by atoms with E-state index >= 15 is 0 Å². The van der Waals surface area contributed by atoms with Crippen LogP contribution in [0, 0.1) is 6.92 Å². The molecule has 6 nitrogen and oxygen atoms in total. The Morgan fingerprint density at radius 1 is 1.23 bits per heavy atom. The second kappa shape index (κ2) is 8.05. The summed E-state index contributed by atoms with van der Waals surface area (Å²) in [7, 11) is 0. The first-order chi connectivity index (χ1) is 12.4. The van der Waals surface area contributed by atoms with Gasteiger partial charge < -0.3 is 15.2 Å². The Morgan fingerprint density at radius 3 is 2.81 bits per heavy atom. The van der Waals surface area contributed by atoms with Gasteiger partial charge in [-0.3, -0.25) is 14.5 Å². The number of halogens is 1. The fraction of sp³-hybridized carbons (Fsp3) is 0.368. The number of aromatic nitrogens is 1. The van der Waals surface area contributed by atoms with Crippen LogP contribution in [0.2, 0.25) is 0 Å². The molecular formula is C19H23BrN4O2. The van der Waals surface area contributed by atoms with E-state index in [0.717, 1.165) is 28.8 Å². The largest absolute Gasteiger partial charge is 0.349 e. The number of benzene rings is 1. The van der Waals surface area contributed by atoms with Crippen LogP contribution in [0.1, 0.15) is 24.2 Å². The van der Waals surface area contributed by atoms with Crippen LogP contribution in [0.25, 0.3) is 0 Å². The molecule has 0 bridgehead atoms. The normalized spacial score (nSPS) is 16.8. The average Bonchev–Trinajstić information content (AvgIpc) is 3.08. The van der Waals surface area contributed by atoms with E-state index in [1.165, 1.54) is 5.69 Å². The fourth-order valence-electron chi connectivity index (χ4n) is 3.22. The third-order valence-corrected chi connectivity index (χ3v) is 5.22. The molecule has 2 aromatic rings. The minimum Gasteiger partial charge on any atom is -0.349 e. The number of fused-ring (bicyclic) bond motifs is 1. The topological polar surface area (TPSA) is 66.4 Å². The molecule has 0 unspecified atom stereocenters. The van der Waals surface area contributed by atoms with Gasteiger partial charge in [0.2, 0.25) is 11.8 Å². The first-order valence-corrected chi connectivity index (χ1v) is 9.45. The molecule has 0 radical (unpaired) electrons. The molecule has 1 aromatic heterocycles. The Morgan fingerprint density at radius 2 is 2.04 bits per heavy atom. The molecule has 138 valence electrons. The van der Waals surface area contributed by atoms with E-state index in [1.54, 1.807) is 0 Å². The van der Waals surface area contributed by atoms with Crippen LogP contribution >= 0.6 is 15.9 Å². The predicted octanol–water partition coefficient (Wildman–Crippen LogP) is 2.69. The molecule has 0 aliphatic carbocycles. The summed E-state index contributed by atoms with van der Waals surface area (Å²) in [6.07, 6.45) is 2.07. The van der Waals surface area contributed by atoms with Gasteiger partial charge in [0.25, 0.3) is 0 Å². The molecular weight excluding hydrogens is 396 g/mol. The summed E-state index contributed by atoms with van der Waals surface area (Å²) in [5.41, 5.74) is 2.93. The van der Waals surface area contributed by atoms with Crippen molar-refractivity contribution in [2.45, 2.75) is 26.4 Å². The summed E-state index contributed by atoms with van der Waals surface area (Å²) >= 11 is 3.40. The first-order valence-electron chi connectivity index (χ1n) is 8.66. The standard InChI is InChI=1S/C19H23BrN4O2/c1-13-10-15(20)5-6-16(13)22-18(25)11-21-19(26)12-24-9-8-23-7-3-4-17(23)14(24)2/h3-7,10,14H,8-9,11-12H2,1-2H3,(H,21,26)(H,22,25)/t14-/m1/s1. The molecule has 1 atom stereocenters. The van der Waals surface area contributed by atoms with E-state index in [0.29, 0.717) is 0 Å². The van der Waals surface area contributed by atoms with Gasteiger partial charge in [-0.2, -0.15) is 0 Å². The Hall–Kier alpha value is -2.12. The molecule has 1 aliphatic rings. The lowest BCUT2D eigenvalue weighted by Crippen LogP contribution is -2.44. The van der Waals surface area contributed by atoms with Crippen LogP contribution in [0.3, 0.4) is 0 Å². The maximum atomic E-state index is 12.2. The lowest BCUT2D eigenvalue weighted by atomic mass is 10.1. The van der Waals surface area contributed by atoms with Crippen molar-refractivity contribution < 1.29 is 9.59 Å². The van der Waals surface area contributed by atoms with Crippen molar-refractivity contribution in [3.63, 3.8) is 0 Å². The van der Waals surface area contributed by atoms with Crippen LogP contribution in [-0.2, 0) is 16.1 Å². The minimum absolute atomic E-state index is 0.0348. The maximum absolute atomic E-state index is 12.2. The van der Waals surface area contributed by atoms with Crippen molar-refractivity contribution in [2.24, 2.45) is 0 Å². The van der Waals surface area contributed by atoms with Gasteiger partial charge in [-0.1, -0.05) is 15.9 Å². The van der Waals surface area contributed by atoms with Crippen LogP contribution in [-0.4, -0.2) is 40.9 Å². The van der Waals surface area contributed by atoms with E-state index in [2.05, 4.69) is 55.2 Å². The van der Waals surface area contributed by atoms with Crippen LogP contribution < -0.4 is 10.6 Å². The highest BCUT2D eigenvalue weighted by atomic mass is 79.9. The molecule has 0 saturated carbocycles. The maximum Gasteiger partial charge on any atom is 0.243 e. The first kappa shape index (κ1) is 18.7. The summed E-state index contributed by atoms with van der Waals surface area (Å²) in [5, 5.41) is 5.53. The van der Waals surface area contributed by atoms with Crippen molar-refractivity contribution >= 4 is 33.4 Å². The van der Waals surface area contributed by atoms with Gasteiger partial charge in [0, 0.05) is 41.2 Å². The zero-order valence-corrected chi connectivity index (χ0v) is 16.5. The van der Waals surface area contributed by atoms with Gasteiger partial charge in [-0.15, -0.1) is 0 Å². The molecule has 1 aliphatic heterocycles. The quantitative estimate of drug-likeness (QED) is 0.784. The number of hydrogen-bond donors (Lipinski definition) is 2. The Kier molecular flexibility index (Phi) is 5.78. The molecule has 0 fully saturated rings. The number of hydrogen-bond acceptors (Lipinski definition) is 3. The zero-order chi connectivity index (χ0) is 18.7. The Labute approximate surface area is 161 Å². The van der Waals surface area contributed by atoms with E-state index in [1.807, 2.05) is 31.2 Å². The average molecular weight is 419 g/mol. The number of carbonyl (C=O) groups is 2. The number of nitrogens with zero attached hydrogens (tertiary/aromatic N) is 2. The molecule has 2 amide bonds. The molecule has 2 N–H and O–H groups in total. The van der Waals surface area contributed by atoms with Gasteiger partial charge in [0.1, 0.15) is 0 Å². The van der Waals surface area contributed by atoms with Crippen LogP contribution in [0.15, 0.2) is 41.0 Å². The number of amides is 2. The Balaban J connectivity index is 1.47. The lowest BCUT2D eigenvalue weighted by molar-refractivity contribution is -0.125. The lowest BCUT2D eigenvalue weighted by Gasteiger charge is -2.34. The van der Waals surface area contributed by atoms with Gasteiger partial charge >= 0.3 is 0 Å². The van der Waals surface area contributed by atoms with Crippen molar-refractivity contribution in [2.75, 3.05) is 25.0 Å². The molecule has 26 heavy (non-hydrogen) atoms. The van der Waals surface area contributed by atoms with Crippen LogP contribution in [0.5, 0.6) is 0 Å². The van der Waals surface area contributed by atoms with Crippen LogP contribution in [0.4, 0.5) is 5.69 Å². The predicted molar refractivity (Wildman–Crippen MR) is 105 cm³/mol. The summed E-state index contributed by atoms with van der Waals surface area (Å²) < 4.78 is 3.18. The molecule has 1 aromatic carbocycles. The van der Waals surface area contributed by atoms with Gasteiger partial charge in [0.15, 0.2) is 0 Å². The second-order valence-electron chi connectivity index (χ2n) is 6.56. The SMILES string of the molecule is Cc1cc(Br)ccc1NC(=O)CNC(=O)CN1CCn2cccc2[C@H]1C. The van der Waals surface area contributed by atoms with E-state index in [-0.39, 0.29) is 30.9 Å². The summed E-state index contributed by atoms with van der Waals surface area (Å²) in [4.78, 5) is 26.4. The minimum atomic E-state index is -0.232. The van der Waals surface area contributed by atoms with E-state index in [9.17, 15) is 9.59 Å². The third kappa shape index (κ3) is 4.34. The molecule has 7 heteroatoms. The number of anilines is 1. The molecule has 0 spiro atoms. The number of nitrogens with one attached hydrogen (secondary N) is 2. The van der Waals surface area contributed by atoms with E-state index in [4.69, 9.17) is 0 Å². The monoisotopic (exact) mass is 418 g/mol. The number of carbonyl (C=O) groups excluding carboxylic acids is 2. The van der Waals surface area contributed by atoms with Crippen molar-refractivity contribution in [3.8, 4) is 0 Å². The Bertz CT molecular complexity index is 818. The third-order valence-electron chi connectivity index (χ3n) is 4.72. The highest BCUT2D eigenvalue weighted by Crippen LogP contribution is 2.24. The molecule has 0 saturated heterocycles. The van der Waals surface area contributed by atoms with E-state index < -0.39 is 0 Å².